The lowest BCUT2D eigenvalue weighted by Gasteiger charge is -2.25. The van der Waals surface area contributed by atoms with Crippen LogP contribution in [0.25, 0.3) is 0 Å². The molecule has 0 saturated heterocycles. The molecule has 2 aromatic rings. The first-order valence-corrected chi connectivity index (χ1v) is 9.81. The van der Waals surface area contributed by atoms with Crippen LogP contribution in [0.2, 0.25) is 5.02 Å². The fraction of sp³-hybridized carbons (Fsp3) is 0.278. The van der Waals surface area contributed by atoms with E-state index >= 15 is 0 Å². The number of nitrogens with zero attached hydrogens (tertiary/aromatic N) is 2. The van der Waals surface area contributed by atoms with Crippen LogP contribution < -0.4 is 0 Å². The van der Waals surface area contributed by atoms with Crippen molar-refractivity contribution in [1.82, 2.24) is 9.21 Å². The van der Waals surface area contributed by atoms with Gasteiger partial charge in [0, 0.05) is 25.2 Å². The Balaban J connectivity index is 2.10. The Morgan fingerprint density at radius 2 is 1.69 bits per heavy atom. The van der Waals surface area contributed by atoms with E-state index < -0.39 is 10.0 Å². The Morgan fingerprint density at radius 3 is 2.27 bits per heavy atom. The zero-order chi connectivity index (χ0) is 19.2. The van der Waals surface area contributed by atoms with E-state index in [9.17, 15) is 18.3 Å². The highest BCUT2D eigenvalue weighted by Gasteiger charge is 2.25. The van der Waals surface area contributed by atoms with Crippen LogP contribution in [0.15, 0.2) is 59.5 Å². The van der Waals surface area contributed by atoms with Gasteiger partial charge in [-0.15, -0.1) is 0 Å². The molecular formula is C18H21ClN2O4S. The molecular weight excluding hydrogens is 376 g/mol. The molecule has 1 amide bonds. The molecule has 2 aromatic carbocycles. The molecule has 0 heterocycles. The van der Waals surface area contributed by atoms with E-state index in [2.05, 4.69) is 0 Å². The molecule has 0 aromatic heterocycles. The van der Waals surface area contributed by atoms with Gasteiger partial charge in [0.25, 0.3) is 0 Å². The SMILES string of the molecule is CN(CC(=O)N(CCO)Cc1ccccc1)S(=O)(=O)c1ccc(Cl)cc1. The van der Waals surface area contributed by atoms with E-state index in [1.54, 1.807) is 0 Å². The quantitative estimate of drug-likeness (QED) is 0.740. The number of benzene rings is 2. The molecule has 0 aliphatic rings. The summed E-state index contributed by atoms with van der Waals surface area (Å²) in [6.45, 7) is -0.0956. The standard InChI is InChI=1S/C18H21ClN2O4S/c1-20(26(24,25)17-9-7-16(19)8-10-17)14-18(23)21(11-12-22)13-15-5-3-2-4-6-15/h2-10,22H,11-14H2,1H3. The number of hydrogen-bond donors (Lipinski definition) is 1. The molecule has 140 valence electrons. The van der Waals surface area contributed by atoms with Crippen LogP contribution in [0, 0.1) is 0 Å². The highest BCUT2D eigenvalue weighted by molar-refractivity contribution is 7.89. The van der Waals surface area contributed by atoms with Gasteiger partial charge in [-0.2, -0.15) is 4.31 Å². The average molecular weight is 397 g/mol. The first-order valence-electron chi connectivity index (χ1n) is 7.99. The van der Waals surface area contributed by atoms with Crippen LogP contribution >= 0.6 is 11.6 Å². The molecule has 26 heavy (non-hydrogen) atoms. The molecule has 0 spiro atoms. The third-order valence-electron chi connectivity index (χ3n) is 3.82. The van der Waals surface area contributed by atoms with Gasteiger partial charge in [-0.25, -0.2) is 8.42 Å². The van der Waals surface area contributed by atoms with E-state index in [4.69, 9.17) is 11.6 Å². The number of aliphatic hydroxyl groups is 1. The van der Waals surface area contributed by atoms with Crippen molar-refractivity contribution in [2.24, 2.45) is 0 Å². The predicted octanol–water partition coefficient (Wildman–Crippen LogP) is 1.98. The van der Waals surface area contributed by atoms with Crippen molar-refractivity contribution in [2.75, 3.05) is 26.7 Å². The number of amides is 1. The summed E-state index contributed by atoms with van der Waals surface area (Å²) in [5, 5.41) is 9.65. The number of aliphatic hydroxyl groups excluding tert-OH is 1. The minimum Gasteiger partial charge on any atom is -0.395 e. The van der Waals surface area contributed by atoms with Crippen LogP contribution in [-0.2, 0) is 21.4 Å². The third kappa shape index (κ3) is 5.28. The van der Waals surface area contributed by atoms with Gasteiger partial charge >= 0.3 is 0 Å². The normalized spacial score (nSPS) is 11.5. The molecule has 1 N–H and O–H groups in total. The summed E-state index contributed by atoms with van der Waals surface area (Å²) in [7, 11) is -2.46. The van der Waals surface area contributed by atoms with E-state index in [-0.39, 0.29) is 30.5 Å². The van der Waals surface area contributed by atoms with Crippen LogP contribution in [0.3, 0.4) is 0 Å². The Hall–Kier alpha value is -1.93. The van der Waals surface area contributed by atoms with Crippen LogP contribution in [0.1, 0.15) is 5.56 Å². The van der Waals surface area contributed by atoms with E-state index in [1.807, 2.05) is 30.3 Å². The van der Waals surface area contributed by atoms with E-state index in [0.717, 1.165) is 9.87 Å². The monoisotopic (exact) mass is 396 g/mol. The largest absolute Gasteiger partial charge is 0.395 e. The maximum absolute atomic E-state index is 12.6. The fourth-order valence-electron chi connectivity index (χ4n) is 2.38. The molecule has 0 saturated carbocycles. The Labute approximate surface area is 158 Å². The van der Waals surface area contributed by atoms with Gasteiger partial charge in [0.05, 0.1) is 18.0 Å². The Morgan fingerprint density at radius 1 is 1.08 bits per heavy atom. The highest BCUT2D eigenvalue weighted by Crippen LogP contribution is 2.17. The zero-order valence-corrected chi connectivity index (χ0v) is 15.9. The minimum absolute atomic E-state index is 0.0639. The van der Waals surface area contributed by atoms with Crippen molar-refractivity contribution in [1.29, 1.82) is 0 Å². The number of rotatable bonds is 8. The number of likely N-dealkylation sites (N-methyl/N-ethyl adjacent to an activating group) is 1. The first-order chi connectivity index (χ1) is 12.3. The van der Waals surface area contributed by atoms with Crippen molar-refractivity contribution in [2.45, 2.75) is 11.4 Å². The van der Waals surface area contributed by atoms with Crippen LogP contribution in [0.5, 0.6) is 0 Å². The molecule has 0 radical (unpaired) electrons. The van der Waals surface area contributed by atoms with E-state index in [1.165, 1.54) is 36.2 Å². The van der Waals surface area contributed by atoms with Crippen LogP contribution in [-0.4, -0.2) is 55.4 Å². The zero-order valence-electron chi connectivity index (χ0n) is 14.4. The number of carbonyl (C=O) groups is 1. The smallest absolute Gasteiger partial charge is 0.243 e. The highest BCUT2D eigenvalue weighted by atomic mass is 35.5. The van der Waals surface area contributed by atoms with Crippen molar-refractivity contribution < 1.29 is 18.3 Å². The fourth-order valence-corrected chi connectivity index (χ4v) is 3.62. The maximum atomic E-state index is 12.6. The second-order valence-electron chi connectivity index (χ2n) is 5.74. The van der Waals surface area contributed by atoms with Gasteiger partial charge in [0.15, 0.2) is 0 Å². The van der Waals surface area contributed by atoms with Gasteiger partial charge in [-0.3, -0.25) is 4.79 Å². The summed E-state index contributed by atoms with van der Waals surface area (Å²) in [5.41, 5.74) is 0.900. The summed E-state index contributed by atoms with van der Waals surface area (Å²) < 4.78 is 26.2. The van der Waals surface area contributed by atoms with Gasteiger partial charge < -0.3 is 10.0 Å². The number of carbonyl (C=O) groups excluding carboxylic acids is 1. The number of sulfonamides is 1. The molecule has 6 nitrogen and oxygen atoms in total. The number of halogens is 1. The van der Waals surface area contributed by atoms with Crippen molar-refractivity contribution in [3.8, 4) is 0 Å². The minimum atomic E-state index is -3.81. The van der Waals surface area contributed by atoms with Gasteiger partial charge in [-0.05, 0) is 29.8 Å². The summed E-state index contributed by atoms with van der Waals surface area (Å²) in [5.74, 6) is -0.386. The predicted molar refractivity (Wildman–Crippen MR) is 100 cm³/mol. The molecule has 0 bridgehead atoms. The Kier molecular flexibility index (Phi) is 7.16. The maximum Gasteiger partial charge on any atom is 0.243 e. The third-order valence-corrected chi connectivity index (χ3v) is 5.89. The van der Waals surface area contributed by atoms with Crippen LogP contribution in [0.4, 0.5) is 0 Å². The summed E-state index contributed by atoms with van der Waals surface area (Å²) in [6.07, 6.45) is 0. The lowest BCUT2D eigenvalue weighted by atomic mass is 10.2. The summed E-state index contributed by atoms with van der Waals surface area (Å²) in [6, 6.07) is 15.1. The molecule has 0 atom stereocenters. The summed E-state index contributed by atoms with van der Waals surface area (Å²) >= 11 is 5.79. The molecule has 0 fully saturated rings. The van der Waals surface area contributed by atoms with Gasteiger partial charge in [0.1, 0.15) is 0 Å². The molecule has 0 unspecified atom stereocenters. The van der Waals surface area contributed by atoms with Gasteiger partial charge in [-0.1, -0.05) is 41.9 Å². The number of hydrogen-bond acceptors (Lipinski definition) is 4. The first kappa shape index (κ1) is 20.4. The topological polar surface area (TPSA) is 77.9 Å². The molecule has 0 aliphatic carbocycles. The average Bonchev–Trinajstić information content (AvgIpc) is 2.62. The van der Waals surface area contributed by atoms with Gasteiger partial charge in [0.2, 0.25) is 15.9 Å². The Bertz CT molecular complexity index is 826. The molecule has 2 rings (SSSR count). The summed E-state index contributed by atoms with van der Waals surface area (Å²) in [4.78, 5) is 14.1. The van der Waals surface area contributed by atoms with E-state index in [0.29, 0.717) is 11.6 Å². The second kappa shape index (κ2) is 9.14. The second-order valence-corrected chi connectivity index (χ2v) is 8.22. The van der Waals surface area contributed by atoms with Crippen molar-refractivity contribution >= 4 is 27.5 Å². The van der Waals surface area contributed by atoms with Crippen molar-refractivity contribution in [3.05, 3.63) is 65.2 Å². The molecule has 0 aliphatic heterocycles. The lowest BCUT2D eigenvalue weighted by Crippen LogP contribution is -2.42. The van der Waals surface area contributed by atoms with Crippen molar-refractivity contribution in [3.63, 3.8) is 0 Å². The lowest BCUT2D eigenvalue weighted by molar-refractivity contribution is -0.132. The molecule has 8 heteroatoms.